The van der Waals surface area contributed by atoms with Crippen LogP contribution in [0.2, 0.25) is 0 Å². The lowest BCUT2D eigenvalue weighted by Crippen LogP contribution is -2.01. The van der Waals surface area contributed by atoms with Gasteiger partial charge >= 0.3 is 5.97 Å². The minimum absolute atomic E-state index is 0.312. The van der Waals surface area contributed by atoms with Crippen LogP contribution in [0.15, 0.2) is 12.1 Å². The molecule has 0 unspecified atom stereocenters. The highest BCUT2D eigenvalue weighted by molar-refractivity contribution is 5.91. The van der Waals surface area contributed by atoms with Gasteiger partial charge in [0.2, 0.25) is 0 Å². The topological polar surface area (TPSA) is 66.0 Å². The number of nitrogens with zero attached hydrogens (tertiary/aromatic N) is 1. The number of hydrogen-bond donors (Lipinski definition) is 2. The van der Waals surface area contributed by atoms with Crippen LogP contribution >= 0.6 is 0 Å². The van der Waals surface area contributed by atoms with Crippen LogP contribution in [-0.2, 0) is 0 Å². The monoisotopic (exact) mass is 272 g/mol. The summed E-state index contributed by atoms with van der Waals surface area (Å²) in [5, 5.41) is 9.26. The molecule has 0 bridgehead atoms. The zero-order valence-corrected chi connectivity index (χ0v) is 12.5. The average Bonchev–Trinajstić information content (AvgIpc) is 2.71. The van der Waals surface area contributed by atoms with Crippen LogP contribution in [0.1, 0.15) is 52.8 Å². The van der Waals surface area contributed by atoms with Gasteiger partial charge in [-0.3, -0.25) is 0 Å². The number of nitrogens with one attached hydrogen (secondary N) is 1. The second-order valence-corrected chi connectivity index (χ2v) is 5.54. The number of aromatic nitrogens is 2. The number of imidazole rings is 1. The molecule has 0 atom stereocenters. The van der Waals surface area contributed by atoms with E-state index in [1.165, 1.54) is 0 Å². The molecule has 0 aliphatic heterocycles. The second kappa shape index (κ2) is 5.12. The van der Waals surface area contributed by atoms with Gasteiger partial charge in [-0.2, -0.15) is 0 Å². The van der Waals surface area contributed by atoms with Gasteiger partial charge in [0.15, 0.2) is 0 Å². The quantitative estimate of drug-likeness (QED) is 0.892. The molecule has 2 aromatic rings. The minimum Gasteiger partial charge on any atom is -0.478 e. The van der Waals surface area contributed by atoms with Crippen molar-refractivity contribution in [1.82, 2.24) is 9.97 Å². The van der Waals surface area contributed by atoms with E-state index < -0.39 is 5.97 Å². The Morgan fingerprint density at radius 2 is 1.85 bits per heavy atom. The zero-order chi connectivity index (χ0) is 15.0. The molecule has 0 saturated carbocycles. The van der Waals surface area contributed by atoms with Gasteiger partial charge < -0.3 is 10.1 Å². The standard InChI is InChI=1S/C16H20N2O2/c1-8(2)15-17-11(5)14(18-15)12-7-13(16(19)20)10(4)6-9(12)3/h6-8H,1-5H3,(H,17,18)(H,19,20). The van der Waals surface area contributed by atoms with Crippen LogP contribution in [0, 0.1) is 20.8 Å². The largest absolute Gasteiger partial charge is 0.478 e. The van der Waals surface area contributed by atoms with E-state index in [9.17, 15) is 9.90 Å². The summed E-state index contributed by atoms with van der Waals surface area (Å²) in [6.45, 7) is 9.92. The first-order chi connectivity index (χ1) is 9.31. The first-order valence-electron chi connectivity index (χ1n) is 6.72. The zero-order valence-electron chi connectivity index (χ0n) is 12.5. The predicted molar refractivity (Wildman–Crippen MR) is 79.3 cm³/mol. The molecular weight excluding hydrogens is 252 g/mol. The Hall–Kier alpha value is -2.10. The number of carboxylic acid groups (broad SMARTS) is 1. The van der Waals surface area contributed by atoms with Crippen molar-refractivity contribution in [1.29, 1.82) is 0 Å². The van der Waals surface area contributed by atoms with Gasteiger partial charge in [0.25, 0.3) is 0 Å². The van der Waals surface area contributed by atoms with Crippen molar-refractivity contribution in [3.63, 3.8) is 0 Å². The Morgan fingerprint density at radius 3 is 2.35 bits per heavy atom. The maximum absolute atomic E-state index is 11.3. The fourth-order valence-corrected chi connectivity index (χ4v) is 2.36. The minimum atomic E-state index is -0.902. The van der Waals surface area contributed by atoms with E-state index >= 15 is 0 Å². The summed E-state index contributed by atoms with van der Waals surface area (Å²) in [5.74, 6) is 0.336. The number of carboxylic acids is 1. The van der Waals surface area contributed by atoms with Gasteiger partial charge in [0, 0.05) is 17.2 Å². The third kappa shape index (κ3) is 2.46. The van der Waals surface area contributed by atoms with Crippen molar-refractivity contribution in [3.05, 3.63) is 40.3 Å². The lowest BCUT2D eigenvalue weighted by molar-refractivity contribution is 0.0696. The summed E-state index contributed by atoms with van der Waals surface area (Å²) < 4.78 is 0. The van der Waals surface area contributed by atoms with E-state index in [0.29, 0.717) is 11.5 Å². The molecule has 20 heavy (non-hydrogen) atoms. The van der Waals surface area contributed by atoms with E-state index in [1.54, 1.807) is 6.07 Å². The molecular formula is C16H20N2O2. The van der Waals surface area contributed by atoms with Gasteiger partial charge in [-0.15, -0.1) is 0 Å². The van der Waals surface area contributed by atoms with Crippen molar-refractivity contribution in [2.24, 2.45) is 0 Å². The van der Waals surface area contributed by atoms with Crippen molar-refractivity contribution in [2.75, 3.05) is 0 Å². The molecule has 4 heteroatoms. The molecule has 4 nitrogen and oxygen atoms in total. The first-order valence-corrected chi connectivity index (χ1v) is 6.72. The number of hydrogen-bond acceptors (Lipinski definition) is 2. The molecule has 2 N–H and O–H groups in total. The molecule has 0 aliphatic carbocycles. The molecule has 1 heterocycles. The number of rotatable bonds is 3. The molecule has 0 aliphatic rings. The number of H-pyrrole nitrogens is 1. The summed E-state index contributed by atoms with van der Waals surface area (Å²) in [6.07, 6.45) is 0. The van der Waals surface area contributed by atoms with Crippen LogP contribution < -0.4 is 0 Å². The number of aromatic amines is 1. The number of aromatic carboxylic acids is 1. The van der Waals surface area contributed by atoms with Gasteiger partial charge in [-0.1, -0.05) is 19.9 Å². The predicted octanol–water partition coefficient (Wildman–Crippen LogP) is 3.82. The smallest absolute Gasteiger partial charge is 0.335 e. The molecule has 106 valence electrons. The Labute approximate surface area is 118 Å². The molecule has 1 aromatic heterocycles. The maximum Gasteiger partial charge on any atom is 0.335 e. The van der Waals surface area contributed by atoms with Crippen LogP contribution in [0.25, 0.3) is 11.3 Å². The summed E-state index contributed by atoms with van der Waals surface area (Å²) >= 11 is 0. The SMILES string of the molecule is Cc1cc(C)c(-c2nc(C(C)C)[nH]c2C)cc1C(=O)O. The third-order valence-electron chi connectivity index (χ3n) is 3.51. The highest BCUT2D eigenvalue weighted by Gasteiger charge is 2.16. The van der Waals surface area contributed by atoms with Crippen molar-refractivity contribution >= 4 is 5.97 Å². The second-order valence-electron chi connectivity index (χ2n) is 5.54. The molecule has 0 fully saturated rings. The van der Waals surface area contributed by atoms with Gasteiger partial charge in [0.1, 0.15) is 5.82 Å². The first kappa shape index (κ1) is 14.3. The van der Waals surface area contributed by atoms with Crippen molar-refractivity contribution in [2.45, 2.75) is 40.5 Å². The van der Waals surface area contributed by atoms with Crippen LogP contribution in [0.5, 0.6) is 0 Å². The molecule has 2 rings (SSSR count). The number of benzene rings is 1. The highest BCUT2D eigenvalue weighted by atomic mass is 16.4. The molecule has 0 saturated heterocycles. The number of aryl methyl sites for hydroxylation is 3. The molecule has 0 radical (unpaired) electrons. The van der Waals surface area contributed by atoms with Gasteiger partial charge in [-0.05, 0) is 38.0 Å². The van der Waals surface area contributed by atoms with Crippen LogP contribution in [0.3, 0.4) is 0 Å². The van der Waals surface area contributed by atoms with Crippen molar-refractivity contribution < 1.29 is 9.90 Å². The van der Waals surface area contributed by atoms with Crippen molar-refractivity contribution in [3.8, 4) is 11.3 Å². The Bertz CT molecular complexity index is 669. The van der Waals surface area contributed by atoms with Crippen LogP contribution in [0.4, 0.5) is 0 Å². The lowest BCUT2D eigenvalue weighted by Gasteiger charge is -2.09. The molecule has 0 amide bonds. The normalized spacial score (nSPS) is 11.1. The summed E-state index contributed by atoms with van der Waals surface area (Å²) in [6, 6.07) is 3.63. The Balaban J connectivity index is 2.63. The van der Waals surface area contributed by atoms with E-state index in [1.807, 2.05) is 26.8 Å². The summed E-state index contributed by atoms with van der Waals surface area (Å²) in [5.41, 5.74) is 4.84. The molecule has 1 aromatic carbocycles. The van der Waals surface area contributed by atoms with E-state index in [0.717, 1.165) is 33.9 Å². The van der Waals surface area contributed by atoms with E-state index in [-0.39, 0.29) is 0 Å². The summed E-state index contributed by atoms with van der Waals surface area (Å²) in [4.78, 5) is 19.2. The highest BCUT2D eigenvalue weighted by Crippen LogP contribution is 2.29. The van der Waals surface area contributed by atoms with E-state index in [4.69, 9.17) is 0 Å². The molecule has 0 spiro atoms. The fraction of sp³-hybridized carbons (Fsp3) is 0.375. The third-order valence-corrected chi connectivity index (χ3v) is 3.51. The summed E-state index contributed by atoms with van der Waals surface area (Å²) in [7, 11) is 0. The maximum atomic E-state index is 11.3. The number of carbonyl (C=O) groups is 1. The van der Waals surface area contributed by atoms with Crippen LogP contribution in [-0.4, -0.2) is 21.0 Å². The van der Waals surface area contributed by atoms with E-state index in [2.05, 4.69) is 23.8 Å². The Morgan fingerprint density at radius 1 is 1.20 bits per heavy atom. The lowest BCUT2D eigenvalue weighted by atomic mass is 9.97. The van der Waals surface area contributed by atoms with Gasteiger partial charge in [-0.25, -0.2) is 9.78 Å². The average molecular weight is 272 g/mol. The Kier molecular flexibility index (Phi) is 3.66. The fourth-order valence-electron chi connectivity index (χ4n) is 2.36. The van der Waals surface area contributed by atoms with Gasteiger partial charge in [0.05, 0.1) is 11.3 Å².